The number of hydrogen-bond donors (Lipinski definition) is 1. The third-order valence-electron chi connectivity index (χ3n) is 4.44. The minimum Gasteiger partial charge on any atom is -0.345 e. The van der Waals surface area contributed by atoms with Gasteiger partial charge in [-0.25, -0.2) is 0 Å². The van der Waals surface area contributed by atoms with E-state index in [9.17, 15) is 9.59 Å². The molecule has 8 heteroatoms. The Morgan fingerprint density at radius 3 is 2.83 bits per heavy atom. The van der Waals surface area contributed by atoms with Gasteiger partial charge in [-0.2, -0.15) is 0 Å². The Morgan fingerprint density at radius 1 is 1.39 bits per heavy atom. The topological polar surface area (TPSA) is 57.6 Å². The second-order valence-corrected chi connectivity index (χ2v) is 6.88. The smallest absolute Gasteiger partial charge is 0.270 e. The zero-order chi connectivity index (χ0) is 15.7. The molecule has 0 spiro atoms. The average Bonchev–Trinajstić information content (AvgIpc) is 2.86. The molecule has 128 valence electrons. The molecule has 1 aromatic rings. The van der Waals surface area contributed by atoms with Crippen molar-refractivity contribution >= 4 is 40.2 Å². The van der Waals surface area contributed by atoms with Gasteiger partial charge in [0.05, 0.1) is 6.54 Å². The molecule has 0 aromatic carbocycles. The van der Waals surface area contributed by atoms with E-state index in [1.54, 1.807) is 0 Å². The highest BCUT2D eigenvalue weighted by atomic mass is 79.9. The maximum atomic E-state index is 12.7. The lowest BCUT2D eigenvalue weighted by Crippen LogP contribution is -2.57. The third-order valence-corrected chi connectivity index (χ3v) is 4.87. The number of piperazine rings is 1. The van der Waals surface area contributed by atoms with Crippen LogP contribution in [0.25, 0.3) is 0 Å². The van der Waals surface area contributed by atoms with E-state index in [0.29, 0.717) is 18.8 Å². The highest BCUT2D eigenvalue weighted by Gasteiger charge is 2.32. The van der Waals surface area contributed by atoms with Crippen LogP contribution in [0.2, 0.25) is 0 Å². The van der Waals surface area contributed by atoms with E-state index in [-0.39, 0.29) is 30.3 Å². The average molecular weight is 406 g/mol. The summed E-state index contributed by atoms with van der Waals surface area (Å²) in [5, 5.41) is 3.09. The van der Waals surface area contributed by atoms with Crippen molar-refractivity contribution in [3.63, 3.8) is 0 Å². The van der Waals surface area contributed by atoms with Crippen molar-refractivity contribution in [2.24, 2.45) is 7.05 Å². The van der Waals surface area contributed by atoms with Gasteiger partial charge >= 0.3 is 0 Å². The molecule has 1 atom stereocenters. The van der Waals surface area contributed by atoms with Crippen LogP contribution in [0.3, 0.4) is 0 Å². The van der Waals surface area contributed by atoms with Gasteiger partial charge in [0.15, 0.2) is 0 Å². The Balaban J connectivity index is 0.00000192. The lowest BCUT2D eigenvalue weighted by Gasteiger charge is -2.41. The standard InChI is InChI=1S/C15H21BrN4O2.ClH/c1-18-9-11(16)7-13(18)15(22)19-5-2-3-12(10-19)20-6-4-17-8-14(20)21;/h7,9,12,17H,2-6,8,10H2,1H3;1H. The molecule has 3 rings (SSSR count). The summed E-state index contributed by atoms with van der Waals surface area (Å²) in [5.74, 6) is 0.188. The number of piperidine rings is 1. The Morgan fingerprint density at radius 2 is 2.17 bits per heavy atom. The number of amides is 2. The van der Waals surface area contributed by atoms with Crippen molar-refractivity contribution < 1.29 is 9.59 Å². The zero-order valence-electron chi connectivity index (χ0n) is 13.1. The van der Waals surface area contributed by atoms with Crippen LogP contribution >= 0.6 is 28.3 Å². The molecule has 2 saturated heterocycles. The predicted octanol–water partition coefficient (Wildman–Crippen LogP) is 1.25. The first-order chi connectivity index (χ1) is 10.6. The Hall–Kier alpha value is -1.05. The summed E-state index contributed by atoms with van der Waals surface area (Å²) < 4.78 is 2.75. The summed E-state index contributed by atoms with van der Waals surface area (Å²) in [5.41, 5.74) is 0.680. The molecule has 2 aliphatic heterocycles. The molecular formula is C15H22BrClN4O2. The largest absolute Gasteiger partial charge is 0.345 e. The summed E-state index contributed by atoms with van der Waals surface area (Å²) >= 11 is 3.41. The van der Waals surface area contributed by atoms with Crippen LogP contribution in [0, 0.1) is 0 Å². The lowest BCUT2D eigenvalue weighted by molar-refractivity contribution is -0.135. The van der Waals surface area contributed by atoms with Crippen molar-refractivity contribution in [2.75, 3.05) is 32.7 Å². The van der Waals surface area contributed by atoms with E-state index >= 15 is 0 Å². The molecule has 1 aromatic heterocycles. The summed E-state index contributed by atoms with van der Waals surface area (Å²) in [6.07, 6.45) is 3.81. The van der Waals surface area contributed by atoms with Crippen molar-refractivity contribution in [1.29, 1.82) is 0 Å². The Bertz CT molecular complexity index is 592. The van der Waals surface area contributed by atoms with Crippen molar-refractivity contribution in [3.8, 4) is 0 Å². The molecule has 2 aliphatic rings. The Labute approximate surface area is 150 Å². The van der Waals surface area contributed by atoms with Crippen molar-refractivity contribution in [2.45, 2.75) is 18.9 Å². The van der Waals surface area contributed by atoms with Gasteiger partial charge in [-0.3, -0.25) is 9.59 Å². The number of nitrogens with zero attached hydrogens (tertiary/aromatic N) is 3. The van der Waals surface area contributed by atoms with Crippen molar-refractivity contribution in [3.05, 3.63) is 22.4 Å². The van der Waals surface area contributed by atoms with Crippen LogP contribution in [0.15, 0.2) is 16.7 Å². The quantitative estimate of drug-likeness (QED) is 0.805. The molecule has 3 heterocycles. The summed E-state index contributed by atoms with van der Waals surface area (Å²) in [6.45, 7) is 3.38. The fourth-order valence-electron chi connectivity index (χ4n) is 3.30. The molecule has 1 unspecified atom stereocenters. The SMILES string of the molecule is Cl.Cn1cc(Br)cc1C(=O)N1CCCC(N2CCNCC2=O)C1. The number of carbonyl (C=O) groups is 2. The molecule has 0 bridgehead atoms. The fourth-order valence-corrected chi connectivity index (χ4v) is 3.82. The summed E-state index contributed by atoms with van der Waals surface area (Å²) in [7, 11) is 1.87. The third kappa shape index (κ3) is 3.89. The minimum atomic E-state index is 0. The van der Waals surface area contributed by atoms with Crippen LogP contribution in [0.5, 0.6) is 0 Å². The maximum Gasteiger partial charge on any atom is 0.270 e. The van der Waals surface area contributed by atoms with Gasteiger partial charge in [0.25, 0.3) is 5.91 Å². The molecule has 6 nitrogen and oxygen atoms in total. The highest BCUT2D eigenvalue weighted by Crippen LogP contribution is 2.21. The van der Waals surface area contributed by atoms with Crippen LogP contribution in [0.1, 0.15) is 23.3 Å². The summed E-state index contributed by atoms with van der Waals surface area (Å²) in [4.78, 5) is 28.6. The van der Waals surface area contributed by atoms with Crippen LogP contribution in [0.4, 0.5) is 0 Å². The summed E-state index contributed by atoms with van der Waals surface area (Å²) in [6, 6.07) is 2.00. The van der Waals surface area contributed by atoms with Gasteiger partial charge in [-0.05, 0) is 34.8 Å². The molecule has 1 N–H and O–H groups in total. The van der Waals surface area contributed by atoms with E-state index in [1.165, 1.54) is 0 Å². The number of hydrogen-bond acceptors (Lipinski definition) is 3. The maximum absolute atomic E-state index is 12.7. The van der Waals surface area contributed by atoms with Gasteiger partial charge in [0.2, 0.25) is 5.91 Å². The van der Waals surface area contributed by atoms with Crippen LogP contribution in [-0.4, -0.2) is 64.9 Å². The van der Waals surface area contributed by atoms with E-state index < -0.39 is 0 Å². The first-order valence-electron chi connectivity index (χ1n) is 7.67. The molecule has 0 saturated carbocycles. The molecular weight excluding hydrogens is 384 g/mol. The number of aryl methyl sites for hydroxylation is 1. The Kier molecular flexibility index (Phi) is 6.11. The number of rotatable bonds is 2. The predicted molar refractivity (Wildman–Crippen MR) is 93.9 cm³/mol. The molecule has 23 heavy (non-hydrogen) atoms. The number of halogens is 2. The van der Waals surface area contributed by atoms with Gasteiger partial charge in [0, 0.05) is 49.9 Å². The first-order valence-corrected chi connectivity index (χ1v) is 8.47. The van der Waals surface area contributed by atoms with E-state index in [0.717, 1.165) is 36.9 Å². The second kappa shape index (κ2) is 7.68. The van der Waals surface area contributed by atoms with E-state index in [4.69, 9.17) is 0 Å². The normalized spacial score (nSPS) is 22.0. The van der Waals surface area contributed by atoms with Gasteiger partial charge in [-0.1, -0.05) is 0 Å². The van der Waals surface area contributed by atoms with Crippen LogP contribution < -0.4 is 5.32 Å². The number of likely N-dealkylation sites (tertiary alicyclic amines) is 1. The van der Waals surface area contributed by atoms with Gasteiger partial charge < -0.3 is 19.7 Å². The second-order valence-electron chi connectivity index (χ2n) is 5.97. The number of aromatic nitrogens is 1. The van der Waals surface area contributed by atoms with Gasteiger partial charge in [0.1, 0.15) is 5.69 Å². The molecule has 0 aliphatic carbocycles. The van der Waals surface area contributed by atoms with Crippen molar-refractivity contribution in [1.82, 2.24) is 19.7 Å². The fraction of sp³-hybridized carbons (Fsp3) is 0.600. The number of nitrogens with one attached hydrogen (secondary N) is 1. The minimum absolute atomic E-state index is 0. The van der Waals surface area contributed by atoms with Gasteiger partial charge in [-0.15, -0.1) is 12.4 Å². The molecule has 2 amide bonds. The van der Waals surface area contributed by atoms with E-state index in [2.05, 4.69) is 21.2 Å². The molecule has 2 fully saturated rings. The monoisotopic (exact) mass is 404 g/mol. The van der Waals surface area contributed by atoms with E-state index in [1.807, 2.05) is 33.7 Å². The lowest BCUT2D eigenvalue weighted by atomic mass is 10.0. The first kappa shape index (κ1) is 18.3. The molecule has 0 radical (unpaired) electrons. The number of carbonyl (C=O) groups excluding carboxylic acids is 2. The van der Waals surface area contributed by atoms with Crippen LogP contribution in [-0.2, 0) is 11.8 Å². The zero-order valence-corrected chi connectivity index (χ0v) is 15.5. The highest BCUT2D eigenvalue weighted by molar-refractivity contribution is 9.10.